The normalized spacial score (nSPS) is 17.6. The first-order valence-corrected chi connectivity index (χ1v) is 6.75. The van der Waals surface area contributed by atoms with Gasteiger partial charge in [-0.15, -0.1) is 0 Å². The van der Waals surface area contributed by atoms with Crippen molar-refractivity contribution in [3.8, 4) is 0 Å². The maximum atomic E-state index is 12.2. The maximum Gasteiger partial charge on any atom is 0.270 e. The van der Waals surface area contributed by atoms with Crippen molar-refractivity contribution in [1.29, 1.82) is 0 Å². The van der Waals surface area contributed by atoms with Crippen molar-refractivity contribution in [2.75, 3.05) is 0 Å². The monoisotopic (exact) mass is 271 g/mol. The number of imidazole rings is 1. The van der Waals surface area contributed by atoms with E-state index < -0.39 is 0 Å². The SMILES string of the molecule is Cc1cn2c(n1)CC[C@@H](NC(=O)c1ccnc(C)n1)C2. The molecule has 104 valence electrons. The Morgan fingerprint density at radius 3 is 3.05 bits per heavy atom. The minimum Gasteiger partial charge on any atom is -0.346 e. The highest BCUT2D eigenvalue weighted by Crippen LogP contribution is 2.15. The summed E-state index contributed by atoms with van der Waals surface area (Å²) in [6, 6.07) is 1.76. The van der Waals surface area contributed by atoms with Crippen LogP contribution in [0.3, 0.4) is 0 Å². The number of rotatable bonds is 2. The van der Waals surface area contributed by atoms with E-state index in [1.807, 2.05) is 13.1 Å². The standard InChI is InChI=1S/C14H17N5O/c1-9-7-19-8-11(3-4-13(19)16-9)18-14(20)12-5-6-15-10(2)17-12/h5-7,11H,3-4,8H2,1-2H3,(H,18,20)/t11-/m1/s1. The Hall–Kier alpha value is -2.24. The summed E-state index contributed by atoms with van der Waals surface area (Å²) in [6.45, 7) is 4.53. The van der Waals surface area contributed by atoms with Crippen molar-refractivity contribution in [2.45, 2.75) is 39.3 Å². The van der Waals surface area contributed by atoms with Gasteiger partial charge in [0.1, 0.15) is 17.3 Å². The average Bonchev–Trinajstić information content (AvgIpc) is 2.78. The summed E-state index contributed by atoms with van der Waals surface area (Å²) >= 11 is 0. The van der Waals surface area contributed by atoms with Gasteiger partial charge in [0, 0.05) is 31.4 Å². The quantitative estimate of drug-likeness (QED) is 0.885. The van der Waals surface area contributed by atoms with Crippen molar-refractivity contribution in [2.24, 2.45) is 0 Å². The van der Waals surface area contributed by atoms with Crippen LogP contribution in [0.4, 0.5) is 0 Å². The lowest BCUT2D eigenvalue weighted by Crippen LogP contribution is -2.41. The molecule has 2 aromatic heterocycles. The van der Waals surface area contributed by atoms with Crippen molar-refractivity contribution in [1.82, 2.24) is 24.8 Å². The second-order valence-electron chi connectivity index (χ2n) is 5.15. The zero-order chi connectivity index (χ0) is 14.1. The second-order valence-corrected chi connectivity index (χ2v) is 5.15. The maximum absolute atomic E-state index is 12.2. The Balaban J connectivity index is 1.69. The number of carbonyl (C=O) groups is 1. The molecule has 1 amide bonds. The highest BCUT2D eigenvalue weighted by Gasteiger charge is 2.22. The number of nitrogens with zero attached hydrogens (tertiary/aromatic N) is 4. The molecular formula is C14H17N5O. The summed E-state index contributed by atoms with van der Waals surface area (Å²) in [5.41, 5.74) is 1.45. The third-order valence-electron chi connectivity index (χ3n) is 3.46. The van der Waals surface area contributed by atoms with Gasteiger partial charge in [0.25, 0.3) is 5.91 Å². The molecule has 6 heteroatoms. The number of hydrogen-bond donors (Lipinski definition) is 1. The highest BCUT2D eigenvalue weighted by molar-refractivity contribution is 5.92. The van der Waals surface area contributed by atoms with Gasteiger partial charge in [-0.3, -0.25) is 4.79 Å². The molecule has 3 rings (SSSR count). The molecule has 1 atom stereocenters. The van der Waals surface area contributed by atoms with Crippen LogP contribution in [-0.2, 0) is 13.0 Å². The zero-order valence-electron chi connectivity index (χ0n) is 11.6. The van der Waals surface area contributed by atoms with Gasteiger partial charge < -0.3 is 9.88 Å². The second kappa shape index (κ2) is 5.03. The molecule has 0 saturated heterocycles. The van der Waals surface area contributed by atoms with Gasteiger partial charge >= 0.3 is 0 Å². The Bertz CT molecular complexity index is 649. The number of fused-ring (bicyclic) bond motifs is 1. The van der Waals surface area contributed by atoms with E-state index in [2.05, 4.69) is 24.8 Å². The van der Waals surface area contributed by atoms with E-state index in [0.29, 0.717) is 11.5 Å². The molecule has 0 aliphatic carbocycles. The van der Waals surface area contributed by atoms with E-state index in [1.165, 1.54) is 0 Å². The first-order valence-electron chi connectivity index (χ1n) is 6.75. The molecule has 1 aliphatic heterocycles. The average molecular weight is 271 g/mol. The first kappa shape index (κ1) is 12.8. The molecule has 1 N–H and O–H groups in total. The summed E-state index contributed by atoms with van der Waals surface area (Å²) in [5.74, 6) is 1.57. The molecule has 6 nitrogen and oxygen atoms in total. The van der Waals surface area contributed by atoms with Crippen molar-refractivity contribution >= 4 is 5.91 Å². The van der Waals surface area contributed by atoms with E-state index >= 15 is 0 Å². The molecule has 0 spiro atoms. The summed E-state index contributed by atoms with van der Waals surface area (Å²) in [4.78, 5) is 24.8. The molecule has 0 saturated carbocycles. The van der Waals surface area contributed by atoms with Crippen LogP contribution in [0.25, 0.3) is 0 Å². The van der Waals surface area contributed by atoms with Crippen molar-refractivity contribution in [3.05, 3.63) is 41.5 Å². The number of aromatic nitrogens is 4. The van der Waals surface area contributed by atoms with Crippen LogP contribution in [-0.4, -0.2) is 31.5 Å². The van der Waals surface area contributed by atoms with E-state index in [0.717, 1.165) is 30.9 Å². The lowest BCUT2D eigenvalue weighted by atomic mass is 10.1. The van der Waals surface area contributed by atoms with Gasteiger partial charge in [-0.25, -0.2) is 15.0 Å². The minimum absolute atomic E-state index is 0.124. The van der Waals surface area contributed by atoms with Crippen molar-refractivity contribution in [3.63, 3.8) is 0 Å². The topological polar surface area (TPSA) is 72.7 Å². The third-order valence-corrected chi connectivity index (χ3v) is 3.46. The van der Waals surface area contributed by atoms with Gasteiger partial charge in [-0.1, -0.05) is 0 Å². The number of aryl methyl sites for hydroxylation is 3. The molecule has 0 fully saturated rings. The van der Waals surface area contributed by atoms with Gasteiger partial charge in [-0.05, 0) is 26.3 Å². The smallest absolute Gasteiger partial charge is 0.270 e. The summed E-state index contributed by atoms with van der Waals surface area (Å²) in [7, 11) is 0. The largest absolute Gasteiger partial charge is 0.346 e. The van der Waals surface area contributed by atoms with Crippen LogP contribution in [0.2, 0.25) is 0 Å². The summed E-state index contributed by atoms with van der Waals surface area (Å²) in [5, 5.41) is 3.03. The van der Waals surface area contributed by atoms with E-state index in [9.17, 15) is 4.79 Å². The van der Waals surface area contributed by atoms with Gasteiger partial charge in [0.2, 0.25) is 0 Å². The number of nitrogens with one attached hydrogen (secondary N) is 1. The molecule has 0 unspecified atom stereocenters. The number of hydrogen-bond acceptors (Lipinski definition) is 4. The fourth-order valence-electron chi connectivity index (χ4n) is 2.55. The molecule has 1 aliphatic rings. The van der Waals surface area contributed by atoms with Crippen LogP contribution in [0.5, 0.6) is 0 Å². The Morgan fingerprint density at radius 1 is 1.40 bits per heavy atom. The van der Waals surface area contributed by atoms with Crippen molar-refractivity contribution < 1.29 is 4.79 Å². The Labute approximate surface area is 117 Å². The third kappa shape index (κ3) is 2.54. The molecule has 2 aromatic rings. The zero-order valence-corrected chi connectivity index (χ0v) is 11.6. The van der Waals surface area contributed by atoms with E-state index in [4.69, 9.17) is 0 Å². The number of amides is 1. The van der Waals surface area contributed by atoms with E-state index in [-0.39, 0.29) is 11.9 Å². The lowest BCUT2D eigenvalue weighted by molar-refractivity contribution is 0.0922. The molecule has 0 aromatic carbocycles. The van der Waals surface area contributed by atoms with Crippen LogP contribution in [0, 0.1) is 13.8 Å². The highest BCUT2D eigenvalue weighted by atomic mass is 16.1. The molecule has 20 heavy (non-hydrogen) atoms. The first-order chi connectivity index (χ1) is 9.61. The minimum atomic E-state index is -0.138. The van der Waals surface area contributed by atoms with E-state index in [1.54, 1.807) is 19.2 Å². The van der Waals surface area contributed by atoms with Gasteiger partial charge in [0.05, 0.1) is 5.69 Å². The van der Waals surface area contributed by atoms with Crippen LogP contribution >= 0.6 is 0 Å². The predicted molar refractivity (Wildman–Crippen MR) is 73.3 cm³/mol. The molecular weight excluding hydrogens is 254 g/mol. The molecule has 0 radical (unpaired) electrons. The fraction of sp³-hybridized carbons (Fsp3) is 0.429. The molecule has 3 heterocycles. The van der Waals surface area contributed by atoms with Crippen LogP contribution in [0.15, 0.2) is 18.5 Å². The van der Waals surface area contributed by atoms with Crippen LogP contribution < -0.4 is 5.32 Å². The summed E-state index contributed by atoms with van der Waals surface area (Å²) in [6.07, 6.45) is 5.44. The fourth-order valence-corrected chi connectivity index (χ4v) is 2.55. The van der Waals surface area contributed by atoms with Gasteiger partial charge in [-0.2, -0.15) is 0 Å². The Kier molecular flexibility index (Phi) is 3.22. The predicted octanol–water partition coefficient (Wildman–Crippen LogP) is 1.03. The number of carbonyl (C=O) groups excluding carboxylic acids is 1. The van der Waals surface area contributed by atoms with Crippen LogP contribution in [0.1, 0.15) is 34.3 Å². The molecule has 0 bridgehead atoms. The summed E-state index contributed by atoms with van der Waals surface area (Å²) < 4.78 is 2.12. The lowest BCUT2D eigenvalue weighted by Gasteiger charge is -2.24. The van der Waals surface area contributed by atoms with Gasteiger partial charge in [0.15, 0.2) is 0 Å². The Morgan fingerprint density at radius 2 is 2.25 bits per heavy atom.